The molecular weight excluding hydrogens is 288 g/mol. The summed E-state index contributed by atoms with van der Waals surface area (Å²) < 4.78 is 0. The van der Waals surface area contributed by atoms with Crippen LogP contribution in [0.15, 0.2) is 60.8 Å². The van der Waals surface area contributed by atoms with E-state index in [4.69, 9.17) is 5.11 Å². The largest absolute Gasteiger partial charge is 0.481 e. The first-order valence-electron chi connectivity index (χ1n) is 8.35. The van der Waals surface area contributed by atoms with Crippen LogP contribution in [0, 0.1) is 0 Å². The third-order valence-corrected chi connectivity index (χ3v) is 3.00. The molecule has 128 valence electrons. The molecule has 0 amide bonds. The Hall–Kier alpha value is -1.87. The summed E-state index contributed by atoms with van der Waals surface area (Å²) >= 11 is 0. The minimum atomic E-state index is -0.743. The second-order valence-electron chi connectivity index (χ2n) is 5.20. The smallest absolute Gasteiger partial charge is 0.303 e. The summed E-state index contributed by atoms with van der Waals surface area (Å²) in [6.07, 6.45) is 24.6. The summed E-state index contributed by atoms with van der Waals surface area (Å²) in [6, 6.07) is 0. The first-order valence-corrected chi connectivity index (χ1v) is 8.35. The van der Waals surface area contributed by atoms with Gasteiger partial charge in [-0.2, -0.15) is 0 Å². The minimum Gasteiger partial charge on any atom is -0.481 e. The molecule has 0 aliphatic heterocycles. The molecule has 23 heavy (non-hydrogen) atoms. The lowest BCUT2D eigenvalue weighted by atomic mass is 10.2. The highest BCUT2D eigenvalue weighted by molar-refractivity contribution is 5.66. The number of rotatable bonds is 13. The summed E-state index contributed by atoms with van der Waals surface area (Å²) in [6.45, 7) is 2.11. The van der Waals surface area contributed by atoms with Crippen LogP contribution in [0.2, 0.25) is 0 Å². The topological polar surface area (TPSA) is 57.5 Å². The van der Waals surface area contributed by atoms with Crippen LogP contribution in [0.5, 0.6) is 0 Å². The van der Waals surface area contributed by atoms with Gasteiger partial charge >= 0.3 is 5.97 Å². The summed E-state index contributed by atoms with van der Waals surface area (Å²) in [5.41, 5.74) is 0. The van der Waals surface area contributed by atoms with Crippen molar-refractivity contribution in [1.82, 2.24) is 0 Å². The third kappa shape index (κ3) is 18.1. The number of aliphatic carboxylic acids is 1. The van der Waals surface area contributed by atoms with Crippen molar-refractivity contribution in [3.05, 3.63) is 60.8 Å². The van der Waals surface area contributed by atoms with E-state index in [0.29, 0.717) is 12.8 Å². The molecule has 0 unspecified atom stereocenters. The Morgan fingerprint density at radius 3 is 2.39 bits per heavy atom. The molecule has 0 aliphatic rings. The molecule has 0 aromatic heterocycles. The number of aliphatic hydroxyl groups is 1. The third-order valence-electron chi connectivity index (χ3n) is 3.00. The Labute approximate surface area is 140 Å². The van der Waals surface area contributed by atoms with Gasteiger partial charge in [0.25, 0.3) is 0 Å². The standard InChI is InChI=1S/C20H30O3/c1-2-3-4-5-7-10-13-16-19(21)17-14-11-8-6-9-12-15-18-20(22)23/h3-4,6-7,9-11,13-14,16,19,21H,2,5,8,12,15,17-18H2,1H3,(H,22,23)/t19-/m0/s1. The van der Waals surface area contributed by atoms with Crippen molar-refractivity contribution in [1.29, 1.82) is 0 Å². The molecule has 0 saturated carbocycles. The zero-order chi connectivity index (χ0) is 17.2. The molecular formula is C20H30O3. The van der Waals surface area contributed by atoms with Gasteiger partial charge in [-0.3, -0.25) is 4.79 Å². The van der Waals surface area contributed by atoms with E-state index in [9.17, 15) is 9.90 Å². The van der Waals surface area contributed by atoms with Crippen LogP contribution < -0.4 is 0 Å². The Morgan fingerprint density at radius 2 is 1.65 bits per heavy atom. The van der Waals surface area contributed by atoms with E-state index in [1.165, 1.54) is 0 Å². The molecule has 0 bridgehead atoms. The molecule has 0 fully saturated rings. The number of unbranched alkanes of at least 4 members (excludes halogenated alkanes) is 1. The lowest BCUT2D eigenvalue weighted by Crippen LogP contribution is -1.98. The van der Waals surface area contributed by atoms with E-state index >= 15 is 0 Å². The van der Waals surface area contributed by atoms with E-state index < -0.39 is 12.1 Å². The fourth-order valence-electron chi connectivity index (χ4n) is 1.77. The maximum Gasteiger partial charge on any atom is 0.303 e. The molecule has 0 aromatic rings. The molecule has 2 N–H and O–H groups in total. The number of carbonyl (C=O) groups is 1. The van der Waals surface area contributed by atoms with Gasteiger partial charge in [-0.15, -0.1) is 0 Å². The average Bonchev–Trinajstić information content (AvgIpc) is 2.52. The zero-order valence-electron chi connectivity index (χ0n) is 14.1. The second-order valence-corrected chi connectivity index (χ2v) is 5.20. The van der Waals surface area contributed by atoms with Crippen LogP contribution in [0.4, 0.5) is 0 Å². The first-order chi connectivity index (χ1) is 11.2. The lowest BCUT2D eigenvalue weighted by molar-refractivity contribution is -0.137. The van der Waals surface area contributed by atoms with Crippen LogP contribution in [-0.4, -0.2) is 22.3 Å². The minimum absolute atomic E-state index is 0.224. The summed E-state index contributed by atoms with van der Waals surface area (Å²) in [4.78, 5) is 10.3. The van der Waals surface area contributed by atoms with Gasteiger partial charge in [0, 0.05) is 6.42 Å². The number of carboxylic acid groups (broad SMARTS) is 1. The predicted molar refractivity (Wildman–Crippen MR) is 97.3 cm³/mol. The number of aliphatic hydroxyl groups excluding tert-OH is 1. The molecule has 0 radical (unpaired) electrons. The molecule has 0 spiro atoms. The van der Waals surface area contributed by atoms with Crippen molar-refractivity contribution in [3.63, 3.8) is 0 Å². The van der Waals surface area contributed by atoms with Gasteiger partial charge in [-0.25, -0.2) is 0 Å². The van der Waals surface area contributed by atoms with E-state index in [1.54, 1.807) is 6.08 Å². The molecule has 0 aliphatic carbocycles. The average molecular weight is 318 g/mol. The van der Waals surface area contributed by atoms with E-state index in [-0.39, 0.29) is 6.42 Å². The number of hydrogen-bond acceptors (Lipinski definition) is 2. The monoisotopic (exact) mass is 318 g/mol. The Kier molecular flexibility index (Phi) is 15.2. The fraction of sp³-hybridized carbons (Fsp3) is 0.450. The lowest BCUT2D eigenvalue weighted by Gasteiger charge is -1.98. The van der Waals surface area contributed by atoms with Gasteiger partial charge in [0.05, 0.1) is 6.10 Å². The van der Waals surface area contributed by atoms with Gasteiger partial charge in [-0.05, 0) is 38.5 Å². The molecule has 3 nitrogen and oxygen atoms in total. The van der Waals surface area contributed by atoms with Crippen LogP contribution in [0.25, 0.3) is 0 Å². The van der Waals surface area contributed by atoms with Crippen molar-refractivity contribution < 1.29 is 15.0 Å². The maximum atomic E-state index is 10.3. The predicted octanol–water partition coefficient (Wildman–Crippen LogP) is 4.96. The fourth-order valence-corrected chi connectivity index (χ4v) is 1.77. The van der Waals surface area contributed by atoms with Gasteiger partial charge in [0.1, 0.15) is 0 Å². The Balaban J connectivity index is 3.67. The SMILES string of the molecule is CCC=CCC=CC=C[C@H](O)CC=CCC=CCCCC(=O)O. The molecule has 1 atom stereocenters. The summed E-state index contributed by atoms with van der Waals surface area (Å²) in [5, 5.41) is 18.2. The van der Waals surface area contributed by atoms with E-state index in [2.05, 4.69) is 25.2 Å². The zero-order valence-corrected chi connectivity index (χ0v) is 14.1. The Bertz CT molecular complexity index is 428. The van der Waals surface area contributed by atoms with Gasteiger partial charge in [0.15, 0.2) is 0 Å². The number of allylic oxidation sites excluding steroid dienone is 8. The Morgan fingerprint density at radius 1 is 0.957 bits per heavy atom. The van der Waals surface area contributed by atoms with Crippen molar-refractivity contribution >= 4 is 5.97 Å². The van der Waals surface area contributed by atoms with Gasteiger partial charge in [0.2, 0.25) is 0 Å². The van der Waals surface area contributed by atoms with Gasteiger partial charge in [-0.1, -0.05) is 67.7 Å². The highest BCUT2D eigenvalue weighted by Crippen LogP contribution is 2.00. The maximum absolute atomic E-state index is 10.3. The van der Waals surface area contributed by atoms with E-state index in [1.807, 2.05) is 36.5 Å². The van der Waals surface area contributed by atoms with Crippen LogP contribution >= 0.6 is 0 Å². The van der Waals surface area contributed by atoms with Crippen molar-refractivity contribution in [2.24, 2.45) is 0 Å². The highest BCUT2D eigenvalue weighted by atomic mass is 16.4. The molecule has 3 heteroatoms. The summed E-state index contributed by atoms with van der Waals surface area (Å²) in [7, 11) is 0. The second kappa shape index (κ2) is 16.5. The van der Waals surface area contributed by atoms with Crippen molar-refractivity contribution in [2.45, 2.75) is 58.0 Å². The normalized spacial score (nSPS) is 14.2. The number of carboxylic acids is 1. The molecule has 0 heterocycles. The van der Waals surface area contributed by atoms with E-state index in [0.717, 1.165) is 25.7 Å². The highest BCUT2D eigenvalue weighted by Gasteiger charge is 1.93. The van der Waals surface area contributed by atoms with Gasteiger partial charge < -0.3 is 10.2 Å². The van der Waals surface area contributed by atoms with Crippen LogP contribution in [-0.2, 0) is 4.79 Å². The molecule has 0 saturated heterocycles. The molecule has 0 rings (SSSR count). The first kappa shape index (κ1) is 21.1. The summed E-state index contributed by atoms with van der Waals surface area (Å²) in [5.74, 6) is -0.743. The number of hydrogen-bond donors (Lipinski definition) is 2. The molecule has 0 aromatic carbocycles. The van der Waals surface area contributed by atoms with Crippen LogP contribution in [0.1, 0.15) is 51.9 Å². The quantitative estimate of drug-likeness (QED) is 0.286. The van der Waals surface area contributed by atoms with Crippen molar-refractivity contribution in [3.8, 4) is 0 Å². The van der Waals surface area contributed by atoms with Crippen molar-refractivity contribution in [2.75, 3.05) is 0 Å². The van der Waals surface area contributed by atoms with Crippen LogP contribution in [0.3, 0.4) is 0 Å².